The lowest BCUT2D eigenvalue weighted by molar-refractivity contribution is -0.117. The summed E-state index contributed by atoms with van der Waals surface area (Å²) < 4.78 is 10.5. The molecule has 34 heavy (non-hydrogen) atoms. The molecule has 0 bridgehead atoms. The lowest BCUT2D eigenvalue weighted by atomic mass is 10.0. The monoisotopic (exact) mass is 459 g/mol. The zero-order chi connectivity index (χ0) is 23.8. The molecule has 0 radical (unpaired) electrons. The van der Waals surface area contributed by atoms with Crippen molar-refractivity contribution in [1.82, 2.24) is 4.90 Å². The molecule has 1 heterocycles. The van der Waals surface area contributed by atoms with Crippen molar-refractivity contribution < 1.29 is 19.1 Å². The Morgan fingerprint density at radius 2 is 1.47 bits per heavy atom. The van der Waals surface area contributed by atoms with Gasteiger partial charge in [-0.05, 0) is 73.5 Å². The molecule has 1 saturated heterocycles. The minimum atomic E-state index is -0.338. The van der Waals surface area contributed by atoms with Gasteiger partial charge in [0.05, 0.1) is 19.2 Å². The molecule has 1 fully saturated rings. The Balaban J connectivity index is 1.19. The number of piperidine rings is 1. The predicted octanol–water partition coefficient (Wildman–Crippen LogP) is 4.78. The third-order valence-electron chi connectivity index (χ3n) is 5.75. The summed E-state index contributed by atoms with van der Waals surface area (Å²) in [5, 5.41) is 6.47. The van der Waals surface area contributed by atoms with E-state index in [2.05, 4.69) is 15.5 Å². The molecule has 0 saturated carbocycles. The number of likely N-dealkylation sites (tertiary alicyclic amines) is 1. The fourth-order valence-corrected chi connectivity index (χ4v) is 3.93. The molecular formula is C27H29N3O4. The summed E-state index contributed by atoms with van der Waals surface area (Å²) in [4.78, 5) is 26.2. The molecule has 0 unspecified atom stereocenters. The maximum atomic E-state index is 12.5. The number of esters is 1. The van der Waals surface area contributed by atoms with E-state index in [1.807, 2.05) is 66.7 Å². The smallest absolute Gasteiger partial charge is 0.337 e. The van der Waals surface area contributed by atoms with E-state index >= 15 is 0 Å². The highest BCUT2D eigenvalue weighted by Gasteiger charge is 2.21. The van der Waals surface area contributed by atoms with Gasteiger partial charge < -0.3 is 20.1 Å². The largest absolute Gasteiger partial charge is 0.465 e. The molecule has 3 aromatic carbocycles. The lowest BCUT2D eigenvalue weighted by Gasteiger charge is -2.32. The van der Waals surface area contributed by atoms with Gasteiger partial charge in [-0.15, -0.1) is 0 Å². The minimum Gasteiger partial charge on any atom is -0.465 e. The normalized spacial score (nSPS) is 14.3. The van der Waals surface area contributed by atoms with Crippen LogP contribution in [0.15, 0.2) is 78.9 Å². The van der Waals surface area contributed by atoms with Crippen LogP contribution in [-0.4, -0.2) is 49.6 Å². The molecule has 4 rings (SSSR count). The summed E-state index contributed by atoms with van der Waals surface area (Å²) in [5.74, 6) is 1.13. The van der Waals surface area contributed by atoms with E-state index in [4.69, 9.17) is 9.47 Å². The van der Waals surface area contributed by atoms with Gasteiger partial charge >= 0.3 is 5.97 Å². The van der Waals surface area contributed by atoms with Crippen molar-refractivity contribution in [2.75, 3.05) is 37.4 Å². The fourth-order valence-electron chi connectivity index (χ4n) is 3.93. The summed E-state index contributed by atoms with van der Waals surface area (Å²) in [6.45, 7) is 2.05. The zero-order valence-electron chi connectivity index (χ0n) is 19.2. The summed E-state index contributed by atoms with van der Waals surface area (Å²) in [5.41, 5.74) is 2.26. The standard InChI is InChI=1S/C27H29N3O4/c1-33-27(32)20-7-9-21(10-8-20)28-23-15-17-30(18-16-23)19-26(31)29-22-11-13-25(14-12-22)34-24-5-3-2-4-6-24/h2-14,23,28H,15-19H2,1H3,(H,29,31). The molecule has 1 aliphatic rings. The van der Waals surface area contributed by atoms with E-state index in [1.165, 1.54) is 7.11 Å². The molecule has 0 aromatic heterocycles. The van der Waals surface area contributed by atoms with Gasteiger partial charge in [-0.25, -0.2) is 4.79 Å². The van der Waals surface area contributed by atoms with Crippen LogP contribution in [0.4, 0.5) is 11.4 Å². The molecule has 0 aliphatic carbocycles. The molecule has 2 N–H and O–H groups in total. The maximum Gasteiger partial charge on any atom is 0.337 e. The molecule has 7 nitrogen and oxygen atoms in total. The average molecular weight is 460 g/mol. The number of amides is 1. The third kappa shape index (κ3) is 6.59. The number of para-hydroxylation sites is 1. The second-order valence-corrected chi connectivity index (χ2v) is 8.25. The molecule has 1 aliphatic heterocycles. The number of anilines is 2. The van der Waals surface area contributed by atoms with Crippen molar-refractivity contribution in [3.05, 3.63) is 84.4 Å². The predicted molar refractivity (Wildman–Crippen MR) is 132 cm³/mol. The Kier molecular flexibility index (Phi) is 7.78. The first-order valence-electron chi connectivity index (χ1n) is 11.4. The van der Waals surface area contributed by atoms with Crippen LogP contribution >= 0.6 is 0 Å². The highest BCUT2D eigenvalue weighted by Crippen LogP contribution is 2.23. The number of nitrogens with zero attached hydrogens (tertiary/aromatic N) is 1. The van der Waals surface area contributed by atoms with Crippen molar-refractivity contribution >= 4 is 23.3 Å². The number of methoxy groups -OCH3 is 1. The van der Waals surface area contributed by atoms with E-state index < -0.39 is 0 Å². The van der Waals surface area contributed by atoms with Gasteiger partial charge in [0.2, 0.25) is 5.91 Å². The number of carbonyl (C=O) groups is 2. The number of hydrogen-bond acceptors (Lipinski definition) is 6. The van der Waals surface area contributed by atoms with Gasteiger partial charge in [-0.2, -0.15) is 0 Å². The first-order valence-corrected chi connectivity index (χ1v) is 11.4. The van der Waals surface area contributed by atoms with Crippen molar-refractivity contribution in [3.8, 4) is 11.5 Å². The molecule has 7 heteroatoms. The number of hydrogen-bond donors (Lipinski definition) is 2. The number of benzene rings is 3. The Bertz CT molecular complexity index is 1080. The van der Waals surface area contributed by atoms with Crippen molar-refractivity contribution in [2.24, 2.45) is 0 Å². The van der Waals surface area contributed by atoms with Gasteiger partial charge in [0, 0.05) is 30.5 Å². The highest BCUT2D eigenvalue weighted by atomic mass is 16.5. The van der Waals surface area contributed by atoms with Crippen molar-refractivity contribution in [1.29, 1.82) is 0 Å². The van der Waals surface area contributed by atoms with Crippen LogP contribution in [0.2, 0.25) is 0 Å². The zero-order valence-corrected chi connectivity index (χ0v) is 19.2. The van der Waals surface area contributed by atoms with E-state index in [0.717, 1.165) is 48.8 Å². The molecule has 0 spiro atoms. The first-order chi connectivity index (χ1) is 16.6. The molecule has 0 atom stereocenters. The number of rotatable bonds is 8. The van der Waals surface area contributed by atoms with Crippen LogP contribution in [0.3, 0.4) is 0 Å². The van der Waals surface area contributed by atoms with E-state index in [-0.39, 0.29) is 11.9 Å². The topological polar surface area (TPSA) is 79.9 Å². The van der Waals surface area contributed by atoms with Crippen LogP contribution in [0.1, 0.15) is 23.2 Å². The number of nitrogens with one attached hydrogen (secondary N) is 2. The van der Waals surface area contributed by atoms with Crippen LogP contribution in [0, 0.1) is 0 Å². The summed E-state index contributed by atoms with van der Waals surface area (Å²) in [7, 11) is 1.38. The minimum absolute atomic E-state index is 0.0264. The van der Waals surface area contributed by atoms with E-state index in [0.29, 0.717) is 18.2 Å². The van der Waals surface area contributed by atoms with Crippen molar-refractivity contribution in [2.45, 2.75) is 18.9 Å². The SMILES string of the molecule is COC(=O)c1ccc(NC2CCN(CC(=O)Nc3ccc(Oc4ccccc4)cc3)CC2)cc1. The van der Waals surface area contributed by atoms with Gasteiger partial charge in [0.15, 0.2) is 0 Å². The Morgan fingerprint density at radius 3 is 2.12 bits per heavy atom. The molecule has 3 aromatic rings. The summed E-state index contributed by atoms with van der Waals surface area (Å²) in [6, 6.07) is 24.6. The third-order valence-corrected chi connectivity index (χ3v) is 5.75. The molecule has 1 amide bonds. The van der Waals surface area contributed by atoms with Gasteiger partial charge in [0.25, 0.3) is 0 Å². The Morgan fingerprint density at radius 1 is 0.853 bits per heavy atom. The number of ether oxygens (including phenoxy) is 2. The van der Waals surface area contributed by atoms with E-state index in [1.54, 1.807) is 12.1 Å². The Hall–Kier alpha value is -3.84. The highest BCUT2D eigenvalue weighted by molar-refractivity contribution is 5.92. The van der Waals surface area contributed by atoms with E-state index in [9.17, 15) is 9.59 Å². The van der Waals surface area contributed by atoms with Crippen LogP contribution in [0.5, 0.6) is 11.5 Å². The van der Waals surface area contributed by atoms with Gasteiger partial charge in [0.1, 0.15) is 11.5 Å². The molecule has 176 valence electrons. The van der Waals surface area contributed by atoms with Crippen LogP contribution < -0.4 is 15.4 Å². The Labute approximate surface area is 199 Å². The first kappa shape index (κ1) is 23.3. The van der Waals surface area contributed by atoms with Crippen LogP contribution in [0.25, 0.3) is 0 Å². The van der Waals surface area contributed by atoms with Gasteiger partial charge in [-0.3, -0.25) is 9.69 Å². The lowest BCUT2D eigenvalue weighted by Crippen LogP contribution is -2.42. The number of carbonyl (C=O) groups excluding carboxylic acids is 2. The van der Waals surface area contributed by atoms with Gasteiger partial charge in [-0.1, -0.05) is 18.2 Å². The fraction of sp³-hybridized carbons (Fsp3) is 0.259. The average Bonchev–Trinajstić information content (AvgIpc) is 2.87. The molecular weight excluding hydrogens is 430 g/mol. The van der Waals surface area contributed by atoms with Crippen molar-refractivity contribution in [3.63, 3.8) is 0 Å². The maximum absolute atomic E-state index is 12.5. The quantitative estimate of drug-likeness (QED) is 0.472. The van der Waals surface area contributed by atoms with Crippen LogP contribution in [-0.2, 0) is 9.53 Å². The second-order valence-electron chi connectivity index (χ2n) is 8.25. The summed E-state index contributed by atoms with van der Waals surface area (Å²) >= 11 is 0. The second kappa shape index (κ2) is 11.3. The summed E-state index contributed by atoms with van der Waals surface area (Å²) in [6.07, 6.45) is 1.88.